The van der Waals surface area contributed by atoms with Crippen LogP contribution in [0.15, 0.2) is 48.5 Å². The summed E-state index contributed by atoms with van der Waals surface area (Å²) < 4.78 is 5.50. The fraction of sp³-hybridized carbons (Fsp3) is 0.350. The van der Waals surface area contributed by atoms with E-state index in [9.17, 15) is 9.90 Å². The number of aryl methyl sites for hydroxylation is 1. The molecule has 2 aromatic carbocycles. The summed E-state index contributed by atoms with van der Waals surface area (Å²) in [6.07, 6.45) is 2.70. The number of carbonyl (C=O) groups is 1. The molecule has 0 bridgehead atoms. The number of hydrogen-bond donors (Lipinski definition) is 2. The Morgan fingerprint density at radius 2 is 2.00 bits per heavy atom. The molecule has 0 spiro atoms. The Hall–Kier alpha value is -2.33. The van der Waals surface area contributed by atoms with Crippen LogP contribution in [0.5, 0.6) is 5.75 Å². The van der Waals surface area contributed by atoms with Crippen LogP contribution in [0.1, 0.15) is 23.1 Å². The van der Waals surface area contributed by atoms with Gasteiger partial charge >= 0.3 is 0 Å². The maximum Gasteiger partial charge on any atom is 0.220 e. The average Bonchev–Trinajstić information content (AvgIpc) is 3.08. The molecule has 2 N–H and O–H groups in total. The van der Waals surface area contributed by atoms with Gasteiger partial charge in [-0.2, -0.15) is 0 Å². The summed E-state index contributed by atoms with van der Waals surface area (Å²) in [6.45, 7) is 0.688. The number of fused-ring (bicyclic) bond motifs is 1. The quantitative estimate of drug-likeness (QED) is 0.821. The highest BCUT2D eigenvalue weighted by Gasteiger charge is 2.14. The number of carbonyl (C=O) groups excluding carboxylic acids is 1. The number of benzene rings is 2. The van der Waals surface area contributed by atoms with Crippen molar-refractivity contribution in [2.45, 2.75) is 31.7 Å². The molecular formula is C20H23NO3. The molecule has 0 saturated carbocycles. The molecule has 0 aromatic heterocycles. The molecule has 0 fully saturated rings. The standard InChI is InChI=1S/C20H23NO3/c22-14-18(13-15-4-2-1-3-5-15)21-20(23)9-7-16-6-8-19-17(12-16)10-11-24-19/h1-6,8,12,18,22H,7,9-11,13-14H2,(H,21,23)/t18-/m0/s1. The lowest BCUT2D eigenvalue weighted by atomic mass is 10.0. The summed E-state index contributed by atoms with van der Waals surface area (Å²) in [7, 11) is 0. The monoisotopic (exact) mass is 325 g/mol. The number of nitrogens with one attached hydrogen (secondary N) is 1. The van der Waals surface area contributed by atoms with Gasteiger partial charge in [-0.05, 0) is 35.6 Å². The maximum atomic E-state index is 12.2. The van der Waals surface area contributed by atoms with Crippen molar-refractivity contribution in [2.75, 3.05) is 13.2 Å². The smallest absolute Gasteiger partial charge is 0.220 e. The highest BCUT2D eigenvalue weighted by Crippen LogP contribution is 2.26. The highest BCUT2D eigenvalue weighted by molar-refractivity contribution is 5.76. The molecule has 4 nitrogen and oxygen atoms in total. The second-order valence-corrected chi connectivity index (χ2v) is 6.18. The molecule has 3 rings (SSSR count). The van der Waals surface area contributed by atoms with Gasteiger partial charge in [0.05, 0.1) is 19.3 Å². The van der Waals surface area contributed by atoms with Gasteiger partial charge in [-0.1, -0.05) is 42.5 Å². The molecule has 0 aliphatic carbocycles. The van der Waals surface area contributed by atoms with E-state index in [2.05, 4.69) is 11.4 Å². The minimum Gasteiger partial charge on any atom is -0.493 e. The predicted molar refractivity (Wildman–Crippen MR) is 93.1 cm³/mol. The van der Waals surface area contributed by atoms with Crippen LogP contribution < -0.4 is 10.1 Å². The van der Waals surface area contributed by atoms with Gasteiger partial charge in [0.1, 0.15) is 5.75 Å². The van der Waals surface area contributed by atoms with E-state index in [0.29, 0.717) is 19.3 Å². The Balaban J connectivity index is 1.49. The van der Waals surface area contributed by atoms with Gasteiger partial charge in [0.15, 0.2) is 0 Å². The molecule has 0 radical (unpaired) electrons. The van der Waals surface area contributed by atoms with Crippen molar-refractivity contribution in [3.8, 4) is 5.75 Å². The van der Waals surface area contributed by atoms with Gasteiger partial charge in [0.2, 0.25) is 5.91 Å². The fourth-order valence-corrected chi connectivity index (χ4v) is 3.01. The zero-order chi connectivity index (χ0) is 16.8. The molecule has 0 unspecified atom stereocenters. The van der Waals surface area contributed by atoms with Crippen molar-refractivity contribution in [3.05, 3.63) is 65.2 Å². The number of aliphatic hydroxyl groups excluding tert-OH is 1. The van der Waals surface area contributed by atoms with E-state index in [1.54, 1.807) is 0 Å². The van der Waals surface area contributed by atoms with Crippen LogP contribution >= 0.6 is 0 Å². The summed E-state index contributed by atoms with van der Waals surface area (Å²) in [5.41, 5.74) is 3.48. The molecule has 1 heterocycles. The molecule has 1 aliphatic rings. The molecule has 0 saturated heterocycles. The minimum atomic E-state index is -0.242. The molecule has 1 atom stereocenters. The minimum absolute atomic E-state index is 0.0262. The second-order valence-electron chi connectivity index (χ2n) is 6.18. The Labute approximate surface area is 142 Å². The van der Waals surface area contributed by atoms with Crippen molar-refractivity contribution < 1.29 is 14.6 Å². The van der Waals surface area contributed by atoms with Gasteiger partial charge in [0.25, 0.3) is 0 Å². The first-order valence-electron chi connectivity index (χ1n) is 8.43. The topological polar surface area (TPSA) is 58.6 Å². The number of rotatable bonds is 7. The third-order valence-corrected chi connectivity index (χ3v) is 4.31. The summed E-state index contributed by atoms with van der Waals surface area (Å²) in [4.78, 5) is 12.2. The van der Waals surface area contributed by atoms with Crippen LogP contribution in [-0.4, -0.2) is 30.3 Å². The van der Waals surface area contributed by atoms with E-state index in [4.69, 9.17) is 4.74 Å². The molecule has 1 amide bonds. The lowest BCUT2D eigenvalue weighted by Crippen LogP contribution is -2.39. The van der Waals surface area contributed by atoms with Gasteiger partial charge in [-0.25, -0.2) is 0 Å². The SMILES string of the molecule is O=C(CCc1ccc2c(c1)CCO2)N[C@H](CO)Cc1ccccc1. The zero-order valence-corrected chi connectivity index (χ0v) is 13.7. The first-order valence-corrected chi connectivity index (χ1v) is 8.43. The summed E-state index contributed by atoms with van der Waals surface area (Å²) in [6, 6.07) is 15.8. The number of hydrogen-bond acceptors (Lipinski definition) is 3. The van der Waals surface area contributed by atoms with Crippen LogP contribution in [0.3, 0.4) is 0 Å². The number of ether oxygens (including phenoxy) is 1. The van der Waals surface area contributed by atoms with Crippen LogP contribution in [0.4, 0.5) is 0 Å². The third-order valence-electron chi connectivity index (χ3n) is 4.31. The molecular weight excluding hydrogens is 302 g/mol. The third kappa shape index (κ3) is 4.36. The van der Waals surface area contributed by atoms with Crippen molar-refractivity contribution in [1.29, 1.82) is 0 Å². The van der Waals surface area contributed by atoms with Crippen LogP contribution in [-0.2, 0) is 24.1 Å². The largest absolute Gasteiger partial charge is 0.493 e. The lowest BCUT2D eigenvalue weighted by Gasteiger charge is -2.16. The van der Waals surface area contributed by atoms with Crippen LogP contribution in [0.25, 0.3) is 0 Å². The number of aliphatic hydroxyl groups is 1. The van der Waals surface area contributed by atoms with E-state index in [1.165, 1.54) is 5.56 Å². The molecule has 4 heteroatoms. The molecule has 1 aliphatic heterocycles. The molecule has 126 valence electrons. The van der Waals surface area contributed by atoms with Crippen molar-refractivity contribution >= 4 is 5.91 Å². The van der Waals surface area contributed by atoms with Crippen LogP contribution in [0.2, 0.25) is 0 Å². The van der Waals surface area contributed by atoms with Gasteiger partial charge in [0, 0.05) is 12.8 Å². The van der Waals surface area contributed by atoms with Crippen molar-refractivity contribution in [2.24, 2.45) is 0 Å². The Bertz CT molecular complexity index is 685. The van der Waals surface area contributed by atoms with E-state index in [1.807, 2.05) is 42.5 Å². The van der Waals surface area contributed by atoms with Crippen molar-refractivity contribution in [3.63, 3.8) is 0 Å². The van der Waals surface area contributed by atoms with Crippen molar-refractivity contribution in [1.82, 2.24) is 5.32 Å². The summed E-state index contributed by atoms with van der Waals surface area (Å²) >= 11 is 0. The zero-order valence-electron chi connectivity index (χ0n) is 13.7. The highest BCUT2D eigenvalue weighted by atomic mass is 16.5. The first-order chi connectivity index (χ1) is 11.7. The van der Waals surface area contributed by atoms with E-state index in [0.717, 1.165) is 29.9 Å². The van der Waals surface area contributed by atoms with Gasteiger partial charge in [-0.3, -0.25) is 4.79 Å². The normalized spacial score (nSPS) is 13.9. The Morgan fingerprint density at radius 3 is 2.79 bits per heavy atom. The van der Waals surface area contributed by atoms with Crippen LogP contribution in [0, 0.1) is 0 Å². The molecule has 2 aromatic rings. The Morgan fingerprint density at radius 1 is 1.17 bits per heavy atom. The summed E-state index contributed by atoms with van der Waals surface area (Å²) in [5.74, 6) is 0.938. The van der Waals surface area contributed by atoms with E-state index in [-0.39, 0.29) is 18.6 Å². The maximum absolute atomic E-state index is 12.2. The second kappa shape index (κ2) is 7.97. The fourth-order valence-electron chi connectivity index (χ4n) is 3.01. The van der Waals surface area contributed by atoms with Gasteiger partial charge in [-0.15, -0.1) is 0 Å². The summed E-state index contributed by atoms with van der Waals surface area (Å²) in [5, 5.41) is 12.4. The first kappa shape index (κ1) is 16.5. The van der Waals surface area contributed by atoms with Gasteiger partial charge < -0.3 is 15.2 Å². The Kier molecular flexibility index (Phi) is 5.49. The number of amides is 1. The lowest BCUT2D eigenvalue weighted by molar-refractivity contribution is -0.122. The van der Waals surface area contributed by atoms with E-state index >= 15 is 0 Å². The molecule has 24 heavy (non-hydrogen) atoms. The predicted octanol–water partition coefficient (Wildman–Crippen LogP) is 2.27. The average molecular weight is 325 g/mol. The van der Waals surface area contributed by atoms with E-state index < -0.39 is 0 Å².